The molecule has 3 aromatic rings. The molecule has 0 atom stereocenters. The van der Waals surface area contributed by atoms with Gasteiger partial charge in [0, 0.05) is 11.3 Å². The van der Waals surface area contributed by atoms with Crippen molar-refractivity contribution in [2.75, 3.05) is 5.73 Å². The molecule has 18 heavy (non-hydrogen) atoms. The summed E-state index contributed by atoms with van der Waals surface area (Å²) in [4.78, 5) is 4.34. The molecule has 0 aliphatic heterocycles. The Balaban J connectivity index is 2.26. The Morgan fingerprint density at radius 3 is 2.78 bits per heavy atom. The fourth-order valence-electron chi connectivity index (χ4n) is 1.85. The number of aromatic nitrogens is 3. The van der Waals surface area contributed by atoms with Crippen molar-refractivity contribution in [2.24, 2.45) is 0 Å². The maximum Gasteiger partial charge on any atom is 0.182 e. The Morgan fingerprint density at radius 2 is 2.06 bits per heavy atom. The Hall–Kier alpha value is -2.43. The first kappa shape index (κ1) is 10.7. The van der Waals surface area contributed by atoms with Crippen molar-refractivity contribution < 1.29 is 4.39 Å². The molecule has 0 bridgehead atoms. The number of halogens is 1. The van der Waals surface area contributed by atoms with Crippen LogP contribution in [0, 0.1) is 12.7 Å². The third-order valence-electron chi connectivity index (χ3n) is 2.79. The molecule has 0 amide bonds. The summed E-state index contributed by atoms with van der Waals surface area (Å²) < 4.78 is 14.8. The SMILES string of the molecule is Cc1ccc(N)c2nc(-c3cccc(F)c3)nn12. The van der Waals surface area contributed by atoms with E-state index in [1.807, 2.05) is 13.0 Å². The number of nitrogens with zero attached hydrogens (tertiary/aromatic N) is 3. The lowest BCUT2D eigenvalue weighted by molar-refractivity contribution is 0.628. The van der Waals surface area contributed by atoms with Crippen LogP contribution in [0.1, 0.15) is 5.69 Å². The summed E-state index contributed by atoms with van der Waals surface area (Å²) in [5.74, 6) is 0.159. The summed E-state index contributed by atoms with van der Waals surface area (Å²) in [7, 11) is 0. The smallest absolute Gasteiger partial charge is 0.182 e. The van der Waals surface area contributed by atoms with Crippen LogP contribution in [-0.4, -0.2) is 14.6 Å². The first-order chi connectivity index (χ1) is 8.65. The number of aryl methyl sites for hydroxylation is 1. The molecule has 0 aliphatic rings. The summed E-state index contributed by atoms with van der Waals surface area (Å²) >= 11 is 0. The Kier molecular flexibility index (Phi) is 2.26. The van der Waals surface area contributed by atoms with Crippen LogP contribution in [0.15, 0.2) is 36.4 Å². The number of anilines is 1. The number of nitrogen functional groups attached to an aromatic ring is 1. The van der Waals surface area contributed by atoms with Crippen molar-refractivity contribution in [3.8, 4) is 11.4 Å². The van der Waals surface area contributed by atoms with Gasteiger partial charge >= 0.3 is 0 Å². The highest BCUT2D eigenvalue weighted by molar-refractivity contribution is 5.68. The fraction of sp³-hybridized carbons (Fsp3) is 0.0769. The summed E-state index contributed by atoms with van der Waals surface area (Å²) in [5, 5.41) is 4.34. The molecule has 0 saturated heterocycles. The molecule has 2 aromatic heterocycles. The molecule has 0 fully saturated rings. The third-order valence-corrected chi connectivity index (χ3v) is 2.79. The molecule has 3 rings (SSSR count). The topological polar surface area (TPSA) is 56.2 Å². The van der Waals surface area contributed by atoms with Gasteiger partial charge in [-0.15, -0.1) is 5.10 Å². The molecule has 5 heteroatoms. The van der Waals surface area contributed by atoms with E-state index in [4.69, 9.17) is 5.73 Å². The number of pyridine rings is 1. The van der Waals surface area contributed by atoms with Crippen LogP contribution in [0.3, 0.4) is 0 Å². The Bertz CT molecular complexity index is 694. The van der Waals surface area contributed by atoms with Crippen LogP contribution >= 0.6 is 0 Å². The van der Waals surface area contributed by atoms with Gasteiger partial charge < -0.3 is 5.73 Å². The minimum Gasteiger partial charge on any atom is -0.396 e. The van der Waals surface area contributed by atoms with Gasteiger partial charge in [0.1, 0.15) is 5.82 Å². The summed E-state index contributed by atoms with van der Waals surface area (Å²) in [6, 6.07) is 9.84. The van der Waals surface area contributed by atoms with E-state index in [-0.39, 0.29) is 5.82 Å². The molecule has 90 valence electrons. The van der Waals surface area contributed by atoms with E-state index in [1.165, 1.54) is 12.1 Å². The maximum absolute atomic E-state index is 13.2. The molecule has 4 nitrogen and oxygen atoms in total. The second kappa shape index (κ2) is 3.80. The van der Waals surface area contributed by atoms with Gasteiger partial charge in [-0.05, 0) is 31.2 Å². The van der Waals surface area contributed by atoms with Crippen molar-refractivity contribution in [3.63, 3.8) is 0 Å². The van der Waals surface area contributed by atoms with Crippen molar-refractivity contribution >= 4 is 11.3 Å². The Labute approximate surface area is 103 Å². The van der Waals surface area contributed by atoms with Crippen LogP contribution in [0.25, 0.3) is 17.0 Å². The fourth-order valence-corrected chi connectivity index (χ4v) is 1.85. The minimum absolute atomic E-state index is 0.309. The summed E-state index contributed by atoms with van der Waals surface area (Å²) in [5.41, 5.74) is 8.55. The second-order valence-corrected chi connectivity index (χ2v) is 4.11. The molecule has 0 radical (unpaired) electrons. The molecular formula is C13H11FN4. The largest absolute Gasteiger partial charge is 0.396 e. The monoisotopic (exact) mass is 242 g/mol. The predicted molar refractivity (Wildman–Crippen MR) is 67.5 cm³/mol. The zero-order chi connectivity index (χ0) is 12.7. The molecule has 0 unspecified atom stereocenters. The maximum atomic E-state index is 13.2. The number of hydrogen-bond acceptors (Lipinski definition) is 3. The molecule has 0 spiro atoms. The summed E-state index contributed by atoms with van der Waals surface area (Å²) in [6.45, 7) is 1.91. The quantitative estimate of drug-likeness (QED) is 0.713. The van der Waals surface area contributed by atoms with E-state index in [1.54, 1.807) is 22.7 Å². The van der Waals surface area contributed by atoms with Crippen LogP contribution < -0.4 is 5.73 Å². The third kappa shape index (κ3) is 1.60. The highest BCUT2D eigenvalue weighted by Gasteiger charge is 2.10. The Morgan fingerprint density at radius 1 is 1.22 bits per heavy atom. The molecule has 0 aliphatic carbocycles. The average Bonchev–Trinajstić information content (AvgIpc) is 2.80. The van der Waals surface area contributed by atoms with E-state index in [9.17, 15) is 4.39 Å². The van der Waals surface area contributed by atoms with Crippen molar-refractivity contribution in [1.82, 2.24) is 14.6 Å². The highest BCUT2D eigenvalue weighted by atomic mass is 19.1. The number of hydrogen-bond donors (Lipinski definition) is 1. The lowest BCUT2D eigenvalue weighted by Gasteiger charge is -1.98. The van der Waals surface area contributed by atoms with E-state index >= 15 is 0 Å². The van der Waals surface area contributed by atoms with Crippen molar-refractivity contribution in [1.29, 1.82) is 0 Å². The van der Waals surface area contributed by atoms with Crippen LogP contribution in [0.5, 0.6) is 0 Å². The van der Waals surface area contributed by atoms with Gasteiger partial charge in [0.15, 0.2) is 11.5 Å². The highest BCUT2D eigenvalue weighted by Crippen LogP contribution is 2.20. The number of benzene rings is 1. The van der Waals surface area contributed by atoms with E-state index < -0.39 is 0 Å². The van der Waals surface area contributed by atoms with E-state index in [2.05, 4.69) is 10.1 Å². The summed E-state index contributed by atoms with van der Waals surface area (Å²) in [6.07, 6.45) is 0. The van der Waals surface area contributed by atoms with Gasteiger partial charge in [0.2, 0.25) is 0 Å². The van der Waals surface area contributed by atoms with E-state index in [0.29, 0.717) is 22.7 Å². The lowest BCUT2D eigenvalue weighted by atomic mass is 10.2. The number of nitrogens with two attached hydrogens (primary N) is 1. The number of rotatable bonds is 1. The van der Waals surface area contributed by atoms with Gasteiger partial charge in [-0.2, -0.15) is 0 Å². The predicted octanol–water partition coefficient (Wildman–Crippen LogP) is 2.43. The van der Waals surface area contributed by atoms with Crippen LogP contribution in [0.4, 0.5) is 10.1 Å². The van der Waals surface area contributed by atoms with E-state index in [0.717, 1.165) is 5.69 Å². The zero-order valence-corrected chi connectivity index (χ0v) is 9.76. The molecule has 2 N–H and O–H groups in total. The normalized spacial score (nSPS) is 11.0. The molecular weight excluding hydrogens is 231 g/mol. The van der Waals surface area contributed by atoms with Crippen LogP contribution in [0.2, 0.25) is 0 Å². The van der Waals surface area contributed by atoms with Gasteiger partial charge in [-0.3, -0.25) is 0 Å². The molecule has 2 heterocycles. The standard InChI is InChI=1S/C13H11FN4/c1-8-5-6-11(15)13-16-12(17-18(8)13)9-3-2-4-10(14)7-9/h2-7H,15H2,1H3. The average molecular weight is 242 g/mol. The first-order valence-corrected chi connectivity index (χ1v) is 5.53. The van der Waals surface area contributed by atoms with Gasteiger partial charge in [0.05, 0.1) is 5.69 Å². The molecule has 1 aromatic carbocycles. The molecule has 0 saturated carbocycles. The second-order valence-electron chi connectivity index (χ2n) is 4.11. The zero-order valence-electron chi connectivity index (χ0n) is 9.76. The van der Waals surface area contributed by atoms with Crippen molar-refractivity contribution in [3.05, 3.63) is 47.9 Å². The minimum atomic E-state index is -0.309. The van der Waals surface area contributed by atoms with Crippen LogP contribution in [-0.2, 0) is 0 Å². The van der Waals surface area contributed by atoms with Gasteiger partial charge in [-0.1, -0.05) is 12.1 Å². The lowest BCUT2D eigenvalue weighted by Crippen LogP contribution is -1.97. The first-order valence-electron chi connectivity index (χ1n) is 5.53. The van der Waals surface area contributed by atoms with Crippen molar-refractivity contribution in [2.45, 2.75) is 6.92 Å². The van der Waals surface area contributed by atoms with Gasteiger partial charge in [-0.25, -0.2) is 13.9 Å². The number of fused-ring (bicyclic) bond motifs is 1. The van der Waals surface area contributed by atoms with Gasteiger partial charge in [0.25, 0.3) is 0 Å².